The highest BCUT2D eigenvalue weighted by atomic mass is 16.2. The minimum Gasteiger partial charge on any atom is -0.365 e. The molecule has 2 rings (SSSR count). The average molecular weight is 281 g/mol. The van der Waals surface area contributed by atoms with E-state index < -0.39 is 11.5 Å². The van der Waals surface area contributed by atoms with Gasteiger partial charge in [0, 0.05) is 5.56 Å². The monoisotopic (exact) mass is 281 g/mol. The highest BCUT2D eigenvalue weighted by Gasteiger charge is 2.19. The third kappa shape index (κ3) is 2.70. The van der Waals surface area contributed by atoms with Gasteiger partial charge in [0.2, 0.25) is 0 Å². The molecule has 0 radical (unpaired) electrons. The van der Waals surface area contributed by atoms with Crippen LogP contribution in [0, 0.1) is 12.3 Å². The Balaban J connectivity index is 2.83. The van der Waals surface area contributed by atoms with E-state index in [1.54, 1.807) is 0 Å². The van der Waals surface area contributed by atoms with E-state index in [9.17, 15) is 9.59 Å². The number of nitrogens with zero attached hydrogens (tertiary/aromatic N) is 2. The molecule has 106 valence electrons. The number of carbonyl (C=O) groups excluding carboxylic acids is 1. The maximum absolute atomic E-state index is 12.5. The van der Waals surface area contributed by atoms with E-state index in [1.165, 1.54) is 4.57 Å². The maximum Gasteiger partial charge on any atom is 0.267 e. The lowest BCUT2D eigenvalue weighted by Gasteiger charge is -2.13. The van der Waals surface area contributed by atoms with Crippen LogP contribution in [0.25, 0.3) is 11.4 Å². The number of rotatable bonds is 4. The molecule has 0 atom stereocenters. The van der Waals surface area contributed by atoms with Crippen LogP contribution in [0.1, 0.15) is 23.0 Å². The average Bonchev–Trinajstić information content (AvgIpc) is 2.49. The van der Waals surface area contributed by atoms with Crippen LogP contribution in [0.5, 0.6) is 0 Å². The Morgan fingerprint density at radius 1 is 1.38 bits per heavy atom. The van der Waals surface area contributed by atoms with Gasteiger partial charge in [-0.2, -0.15) is 0 Å². The number of hydrogen-bond acceptors (Lipinski definition) is 3. The van der Waals surface area contributed by atoms with Crippen molar-refractivity contribution in [2.75, 3.05) is 0 Å². The predicted molar refractivity (Wildman–Crippen MR) is 80.7 cm³/mol. The van der Waals surface area contributed by atoms with Gasteiger partial charge in [0.1, 0.15) is 11.4 Å². The van der Waals surface area contributed by atoms with Crippen molar-refractivity contribution in [3.8, 4) is 23.7 Å². The summed E-state index contributed by atoms with van der Waals surface area (Å²) in [6, 6.07) is 9.21. The van der Waals surface area contributed by atoms with Crippen LogP contribution in [-0.2, 0) is 13.0 Å². The summed E-state index contributed by atoms with van der Waals surface area (Å²) in [6.07, 6.45) is 5.75. The van der Waals surface area contributed by atoms with Gasteiger partial charge in [-0.1, -0.05) is 43.2 Å². The Morgan fingerprint density at radius 2 is 2.05 bits per heavy atom. The first-order chi connectivity index (χ1) is 10.1. The molecule has 5 nitrogen and oxygen atoms in total. The van der Waals surface area contributed by atoms with Crippen molar-refractivity contribution in [2.45, 2.75) is 19.9 Å². The van der Waals surface area contributed by atoms with Gasteiger partial charge in [0.05, 0.1) is 12.2 Å². The lowest BCUT2D eigenvalue weighted by molar-refractivity contribution is 0.0997. The van der Waals surface area contributed by atoms with Gasteiger partial charge < -0.3 is 5.73 Å². The van der Waals surface area contributed by atoms with E-state index in [1.807, 2.05) is 37.3 Å². The lowest BCUT2D eigenvalue weighted by Crippen LogP contribution is -2.33. The summed E-state index contributed by atoms with van der Waals surface area (Å²) in [5.74, 6) is 2.07. The summed E-state index contributed by atoms with van der Waals surface area (Å²) in [5, 5.41) is 0. The SMILES string of the molecule is C#CCn1c(-c2ccccc2)nc(CC)c(C(N)=O)c1=O. The number of terminal acetylenes is 1. The first-order valence-corrected chi connectivity index (χ1v) is 6.52. The highest BCUT2D eigenvalue weighted by molar-refractivity contribution is 5.93. The van der Waals surface area contributed by atoms with Crippen LogP contribution in [0.3, 0.4) is 0 Å². The number of carbonyl (C=O) groups is 1. The van der Waals surface area contributed by atoms with Crippen molar-refractivity contribution >= 4 is 5.91 Å². The first kappa shape index (κ1) is 14.5. The van der Waals surface area contributed by atoms with Gasteiger partial charge in [-0.3, -0.25) is 14.2 Å². The summed E-state index contributed by atoms with van der Waals surface area (Å²) in [4.78, 5) is 28.5. The van der Waals surface area contributed by atoms with Crippen molar-refractivity contribution < 1.29 is 4.79 Å². The van der Waals surface area contributed by atoms with Gasteiger partial charge in [0.15, 0.2) is 0 Å². The summed E-state index contributed by atoms with van der Waals surface area (Å²) >= 11 is 0. The summed E-state index contributed by atoms with van der Waals surface area (Å²) < 4.78 is 1.30. The van der Waals surface area contributed by atoms with Gasteiger partial charge >= 0.3 is 0 Å². The van der Waals surface area contributed by atoms with Crippen molar-refractivity contribution in [3.05, 3.63) is 51.9 Å². The van der Waals surface area contributed by atoms with Crippen LogP contribution in [-0.4, -0.2) is 15.5 Å². The van der Waals surface area contributed by atoms with Crippen LogP contribution < -0.4 is 11.3 Å². The Bertz CT molecular complexity index is 771. The Kier molecular flexibility index (Phi) is 4.19. The van der Waals surface area contributed by atoms with Gasteiger partial charge in [-0.15, -0.1) is 6.42 Å². The topological polar surface area (TPSA) is 78.0 Å². The molecule has 2 aromatic rings. The van der Waals surface area contributed by atoms with Gasteiger partial charge in [0.25, 0.3) is 11.5 Å². The number of nitrogens with two attached hydrogens (primary N) is 1. The van der Waals surface area contributed by atoms with Gasteiger partial charge in [-0.05, 0) is 6.42 Å². The minimum atomic E-state index is -0.783. The Labute approximate surface area is 122 Å². The molecular formula is C16H15N3O2. The van der Waals surface area contributed by atoms with Crippen LogP contribution in [0.4, 0.5) is 0 Å². The van der Waals surface area contributed by atoms with E-state index in [0.29, 0.717) is 17.9 Å². The quantitative estimate of drug-likeness (QED) is 0.855. The molecule has 0 unspecified atom stereocenters. The molecule has 21 heavy (non-hydrogen) atoms. The molecule has 1 heterocycles. The van der Waals surface area contributed by atoms with E-state index in [4.69, 9.17) is 12.2 Å². The van der Waals surface area contributed by atoms with Crippen LogP contribution >= 0.6 is 0 Å². The van der Waals surface area contributed by atoms with E-state index in [2.05, 4.69) is 10.9 Å². The number of aromatic nitrogens is 2. The third-order valence-corrected chi connectivity index (χ3v) is 3.11. The van der Waals surface area contributed by atoms with Crippen molar-refractivity contribution in [1.82, 2.24) is 9.55 Å². The lowest BCUT2D eigenvalue weighted by atomic mass is 10.1. The van der Waals surface area contributed by atoms with Crippen molar-refractivity contribution in [1.29, 1.82) is 0 Å². The first-order valence-electron chi connectivity index (χ1n) is 6.52. The molecule has 5 heteroatoms. The molecule has 1 aromatic carbocycles. The predicted octanol–water partition coefficient (Wildman–Crippen LogP) is 1.20. The zero-order chi connectivity index (χ0) is 15.4. The Morgan fingerprint density at radius 3 is 2.57 bits per heavy atom. The van der Waals surface area contributed by atoms with Crippen LogP contribution in [0.15, 0.2) is 35.1 Å². The molecule has 1 amide bonds. The summed E-state index contributed by atoms with van der Waals surface area (Å²) in [7, 11) is 0. The molecule has 0 spiro atoms. The van der Waals surface area contributed by atoms with E-state index >= 15 is 0 Å². The number of aryl methyl sites for hydroxylation is 1. The zero-order valence-electron chi connectivity index (χ0n) is 11.7. The molecule has 0 saturated heterocycles. The summed E-state index contributed by atoms with van der Waals surface area (Å²) in [5.41, 5.74) is 5.86. The zero-order valence-corrected chi connectivity index (χ0v) is 11.7. The fourth-order valence-electron chi connectivity index (χ4n) is 2.15. The van der Waals surface area contributed by atoms with Gasteiger partial charge in [-0.25, -0.2) is 4.98 Å². The van der Waals surface area contributed by atoms with Crippen molar-refractivity contribution in [2.24, 2.45) is 5.73 Å². The fourth-order valence-corrected chi connectivity index (χ4v) is 2.15. The molecule has 0 aliphatic rings. The van der Waals surface area contributed by atoms with E-state index in [-0.39, 0.29) is 12.1 Å². The minimum absolute atomic E-state index is 0.0281. The molecule has 0 aliphatic heterocycles. The smallest absolute Gasteiger partial charge is 0.267 e. The largest absolute Gasteiger partial charge is 0.365 e. The molecule has 1 aromatic heterocycles. The molecule has 2 N–H and O–H groups in total. The fraction of sp³-hybridized carbons (Fsp3) is 0.188. The molecule has 0 aliphatic carbocycles. The molecule has 0 saturated carbocycles. The third-order valence-electron chi connectivity index (χ3n) is 3.11. The summed E-state index contributed by atoms with van der Waals surface area (Å²) in [6.45, 7) is 1.84. The second-order valence-electron chi connectivity index (χ2n) is 4.44. The van der Waals surface area contributed by atoms with Crippen molar-refractivity contribution in [3.63, 3.8) is 0 Å². The number of amides is 1. The standard InChI is InChI=1S/C16H15N3O2/c1-3-10-19-15(11-8-6-5-7-9-11)18-12(4-2)13(14(17)20)16(19)21/h1,5-9H,4,10H2,2H3,(H2,17,20). The molecule has 0 bridgehead atoms. The number of primary amides is 1. The number of benzene rings is 1. The Hall–Kier alpha value is -2.87. The van der Waals surface area contributed by atoms with Crippen LogP contribution in [0.2, 0.25) is 0 Å². The van der Waals surface area contributed by atoms with E-state index in [0.717, 1.165) is 5.56 Å². The normalized spacial score (nSPS) is 10.1. The molecule has 0 fully saturated rings. The second kappa shape index (κ2) is 6.06. The highest BCUT2D eigenvalue weighted by Crippen LogP contribution is 2.17. The second-order valence-corrected chi connectivity index (χ2v) is 4.44. The number of hydrogen-bond donors (Lipinski definition) is 1. The molecular weight excluding hydrogens is 266 g/mol. The maximum atomic E-state index is 12.5.